The number of nitro groups is 1. The van der Waals surface area contributed by atoms with E-state index in [1.807, 2.05) is 0 Å². The van der Waals surface area contributed by atoms with Gasteiger partial charge in [0.1, 0.15) is 0 Å². The third-order valence-corrected chi connectivity index (χ3v) is 4.76. The monoisotopic (exact) mass is 326 g/mol. The molecule has 8 heteroatoms. The van der Waals surface area contributed by atoms with Gasteiger partial charge in [0.05, 0.1) is 21.3 Å². The fourth-order valence-corrected chi connectivity index (χ4v) is 3.58. The summed E-state index contributed by atoms with van der Waals surface area (Å²) < 4.78 is 24.7. The van der Waals surface area contributed by atoms with Crippen molar-refractivity contribution in [3.63, 3.8) is 0 Å². The molecule has 2 N–H and O–H groups in total. The summed E-state index contributed by atoms with van der Waals surface area (Å²) in [5, 5.41) is 11.0. The molecule has 0 atom stereocenters. The number of benzene rings is 2. The van der Waals surface area contributed by atoms with Gasteiger partial charge < -0.3 is 5.73 Å². The number of anilines is 1. The molecule has 0 fully saturated rings. The molecule has 0 saturated carbocycles. The van der Waals surface area contributed by atoms with Crippen molar-refractivity contribution in [3.05, 3.63) is 63.2 Å². The van der Waals surface area contributed by atoms with Crippen molar-refractivity contribution < 1.29 is 13.3 Å². The molecule has 21 heavy (non-hydrogen) atoms. The van der Waals surface area contributed by atoms with Gasteiger partial charge in [-0.05, 0) is 23.8 Å². The molecular formula is C13H11ClN2O4S. The van der Waals surface area contributed by atoms with Gasteiger partial charge in [-0.15, -0.1) is 0 Å². The second-order valence-electron chi connectivity index (χ2n) is 4.37. The summed E-state index contributed by atoms with van der Waals surface area (Å²) >= 11 is 5.78. The fourth-order valence-electron chi connectivity index (χ4n) is 1.83. The first kappa shape index (κ1) is 15.3. The van der Waals surface area contributed by atoms with E-state index in [1.54, 1.807) is 0 Å². The van der Waals surface area contributed by atoms with Crippen molar-refractivity contribution in [3.8, 4) is 0 Å². The number of nitro benzene ring substituents is 1. The van der Waals surface area contributed by atoms with Gasteiger partial charge >= 0.3 is 0 Å². The summed E-state index contributed by atoms with van der Waals surface area (Å²) in [6.45, 7) is 0. The number of rotatable bonds is 4. The third kappa shape index (κ3) is 3.50. The highest BCUT2D eigenvalue weighted by Crippen LogP contribution is 2.26. The van der Waals surface area contributed by atoms with Crippen LogP contribution in [0.1, 0.15) is 5.56 Å². The van der Waals surface area contributed by atoms with Crippen molar-refractivity contribution in [1.82, 2.24) is 0 Å². The van der Waals surface area contributed by atoms with Crippen molar-refractivity contribution in [1.29, 1.82) is 0 Å². The van der Waals surface area contributed by atoms with E-state index in [0.717, 1.165) is 0 Å². The maximum Gasteiger partial charge on any atom is 0.269 e. The summed E-state index contributed by atoms with van der Waals surface area (Å²) in [6.07, 6.45) is 0. The molecular weight excluding hydrogens is 316 g/mol. The standard InChI is InChI=1S/C13H11ClN2O4S/c14-10-4-5-12(15)13(7-10)21(19,20)8-9-2-1-3-11(6-9)16(17)18/h1-7H,8,15H2. The molecule has 0 aliphatic heterocycles. The van der Waals surface area contributed by atoms with Crippen molar-refractivity contribution >= 4 is 32.8 Å². The lowest BCUT2D eigenvalue weighted by Crippen LogP contribution is -2.08. The van der Waals surface area contributed by atoms with Crippen LogP contribution < -0.4 is 5.73 Å². The molecule has 0 aromatic heterocycles. The highest BCUT2D eigenvalue weighted by Gasteiger charge is 2.20. The predicted octanol–water partition coefficient (Wildman–Crippen LogP) is 2.80. The van der Waals surface area contributed by atoms with E-state index in [2.05, 4.69) is 0 Å². The first-order valence-corrected chi connectivity index (χ1v) is 7.84. The summed E-state index contributed by atoms with van der Waals surface area (Å²) in [7, 11) is -3.74. The smallest absolute Gasteiger partial charge is 0.269 e. The van der Waals surface area contributed by atoms with Gasteiger partial charge in [0, 0.05) is 17.2 Å². The van der Waals surface area contributed by atoms with Crippen LogP contribution >= 0.6 is 11.6 Å². The molecule has 0 spiro atoms. The molecule has 0 aliphatic carbocycles. The lowest BCUT2D eigenvalue weighted by atomic mass is 10.2. The van der Waals surface area contributed by atoms with Crippen LogP contribution in [0.2, 0.25) is 5.02 Å². The Bertz CT molecular complexity index is 806. The number of nitrogens with two attached hydrogens (primary N) is 1. The number of nitrogen functional groups attached to an aromatic ring is 1. The molecule has 0 unspecified atom stereocenters. The Morgan fingerprint density at radius 3 is 2.57 bits per heavy atom. The molecule has 2 aromatic rings. The zero-order chi connectivity index (χ0) is 15.6. The average molecular weight is 327 g/mol. The zero-order valence-corrected chi connectivity index (χ0v) is 12.3. The second kappa shape index (κ2) is 5.71. The Kier molecular flexibility index (Phi) is 4.15. The number of hydrogen-bond acceptors (Lipinski definition) is 5. The minimum atomic E-state index is -3.74. The Balaban J connectivity index is 2.40. The topological polar surface area (TPSA) is 103 Å². The molecule has 0 radical (unpaired) electrons. The minimum Gasteiger partial charge on any atom is -0.398 e. The van der Waals surface area contributed by atoms with Crippen molar-refractivity contribution in [2.75, 3.05) is 5.73 Å². The Hall–Kier alpha value is -2.12. The van der Waals surface area contributed by atoms with Crippen molar-refractivity contribution in [2.45, 2.75) is 10.6 Å². The third-order valence-electron chi connectivity index (χ3n) is 2.79. The largest absolute Gasteiger partial charge is 0.398 e. The normalized spacial score (nSPS) is 11.3. The number of non-ortho nitro benzene ring substituents is 1. The minimum absolute atomic E-state index is 0.0819. The van der Waals surface area contributed by atoms with Gasteiger partial charge in [0.2, 0.25) is 0 Å². The summed E-state index contributed by atoms with van der Waals surface area (Å²) in [6, 6.07) is 9.62. The van der Waals surface area contributed by atoms with E-state index >= 15 is 0 Å². The van der Waals surface area contributed by atoms with E-state index in [0.29, 0.717) is 5.56 Å². The number of halogens is 1. The quantitative estimate of drug-likeness (QED) is 0.528. The molecule has 2 rings (SSSR count). The first-order chi connectivity index (χ1) is 9.79. The highest BCUT2D eigenvalue weighted by atomic mass is 35.5. The van der Waals surface area contributed by atoms with Crippen LogP contribution in [-0.4, -0.2) is 13.3 Å². The molecule has 2 aromatic carbocycles. The lowest BCUT2D eigenvalue weighted by molar-refractivity contribution is -0.384. The van der Waals surface area contributed by atoms with E-state index < -0.39 is 14.8 Å². The predicted molar refractivity (Wildman–Crippen MR) is 79.9 cm³/mol. The van der Waals surface area contributed by atoms with Gasteiger partial charge in [-0.25, -0.2) is 8.42 Å². The SMILES string of the molecule is Nc1ccc(Cl)cc1S(=O)(=O)Cc1cccc([N+](=O)[O-])c1. The number of nitrogens with zero attached hydrogens (tertiary/aromatic N) is 1. The Labute approximate surface area is 126 Å². The van der Waals surface area contributed by atoms with E-state index in [1.165, 1.54) is 42.5 Å². The van der Waals surface area contributed by atoms with E-state index in [9.17, 15) is 18.5 Å². The molecule has 110 valence electrons. The highest BCUT2D eigenvalue weighted by molar-refractivity contribution is 7.90. The van der Waals surface area contributed by atoms with Crippen molar-refractivity contribution in [2.24, 2.45) is 0 Å². The lowest BCUT2D eigenvalue weighted by Gasteiger charge is -2.08. The van der Waals surface area contributed by atoms with Crippen LogP contribution in [0.4, 0.5) is 11.4 Å². The molecule has 0 aliphatic rings. The maximum absolute atomic E-state index is 12.3. The van der Waals surface area contributed by atoms with Gasteiger partial charge in [0.25, 0.3) is 5.69 Å². The van der Waals surface area contributed by atoms with Gasteiger partial charge in [-0.3, -0.25) is 10.1 Å². The number of hydrogen-bond donors (Lipinski definition) is 1. The van der Waals surface area contributed by atoms with Gasteiger partial charge in [0.15, 0.2) is 9.84 Å². The van der Waals surface area contributed by atoms with Gasteiger partial charge in [-0.1, -0.05) is 23.7 Å². The zero-order valence-electron chi connectivity index (χ0n) is 10.7. The summed E-state index contributed by atoms with van der Waals surface area (Å²) in [5.74, 6) is -0.390. The van der Waals surface area contributed by atoms with Crippen LogP contribution in [0.3, 0.4) is 0 Å². The molecule has 0 amide bonds. The van der Waals surface area contributed by atoms with Crippen LogP contribution in [0.5, 0.6) is 0 Å². The Morgan fingerprint density at radius 2 is 1.90 bits per heavy atom. The van der Waals surface area contributed by atoms with Crippen LogP contribution in [0.15, 0.2) is 47.4 Å². The maximum atomic E-state index is 12.3. The van der Waals surface area contributed by atoms with Gasteiger partial charge in [-0.2, -0.15) is 0 Å². The average Bonchev–Trinajstić information content (AvgIpc) is 2.41. The molecule has 0 bridgehead atoms. The second-order valence-corrected chi connectivity index (χ2v) is 6.76. The van der Waals surface area contributed by atoms with E-state index in [-0.39, 0.29) is 27.0 Å². The molecule has 0 heterocycles. The fraction of sp³-hybridized carbons (Fsp3) is 0.0769. The van der Waals surface area contributed by atoms with Crippen LogP contribution in [0.25, 0.3) is 0 Å². The van der Waals surface area contributed by atoms with E-state index in [4.69, 9.17) is 17.3 Å². The molecule has 0 saturated heterocycles. The summed E-state index contributed by atoms with van der Waals surface area (Å²) in [4.78, 5) is 10.0. The Morgan fingerprint density at radius 1 is 1.19 bits per heavy atom. The van der Waals surface area contributed by atoms with Crippen LogP contribution in [-0.2, 0) is 15.6 Å². The number of sulfone groups is 1. The summed E-state index contributed by atoms with van der Waals surface area (Å²) in [5.41, 5.74) is 5.89. The first-order valence-electron chi connectivity index (χ1n) is 5.81. The molecule has 6 nitrogen and oxygen atoms in total. The van der Waals surface area contributed by atoms with Crippen LogP contribution in [0, 0.1) is 10.1 Å².